The molecule has 106 valence electrons. The van der Waals surface area contributed by atoms with Gasteiger partial charge in [-0.05, 0) is 36.5 Å². The number of carbonyl (C=O) groups excluding carboxylic acids is 1. The molecular weight excluding hydrogens is 261 g/mol. The molecule has 1 aliphatic heterocycles. The molecule has 1 aromatic carbocycles. The highest BCUT2D eigenvalue weighted by Gasteiger charge is 2.47. The van der Waals surface area contributed by atoms with E-state index in [-0.39, 0.29) is 23.6 Å². The van der Waals surface area contributed by atoms with Gasteiger partial charge in [0.1, 0.15) is 5.82 Å². The van der Waals surface area contributed by atoms with Gasteiger partial charge in [-0.25, -0.2) is 4.39 Å². The first-order valence-electron chi connectivity index (χ1n) is 6.83. The Balaban J connectivity index is 1.62. The van der Waals surface area contributed by atoms with E-state index in [9.17, 15) is 14.0 Å². The number of nitrogens with zero attached hydrogens (tertiary/aromatic N) is 1. The van der Waals surface area contributed by atoms with E-state index in [1.807, 2.05) is 6.07 Å². The second kappa shape index (κ2) is 4.89. The van der Waals surface area contributed by atoms with Gasteiger partial charge in [-0.2, -0.15) is 0 Å². The third-order valence-corrected chi connectivity index (χ3v) is 4.23. The Morgan fingerprint density at radius 3 is 2.80 bits per heavy atom. The summed E-state index contributed by atoms with van der Waals surface area (Å²) in [5.74, 6) is -1.56. The molecule has 20 heavy (non-hydrogen) atoms. The van der Waals surface area contributed by atoms with Gasteiger partial charge in [0.2, 0.25) is 5.91 Å². The van der Waals surface area contributed by atoms with E-state index in [0.29, 0.717) is 19.5 Å². The summed E-state index contributed by atoms with van der Waals surface area (Å²) < 4.78 is 13.2. The molecule has 1 saturated carbocycles. The second-order valence-corrected chi connectivity index (χ2v) is 5.61. The Kier molecular flexibility index (Phi) is 3.20. The van der Waals surface area contributed by atoms with Crippen LogP contribution in [0.25, 0.3) is 0 Å². The largest absolute Gasteiger partial charge is 0.481 e. The molecule has 1 heterocycles. The quantitative estimate of drug-likeness (QED) is 0.917. The monoisotopic (exact) mass is 277 g/mol. The zero-order valence-corrected chi connectivity index (χ0v) is 11.0. The van der Waals surface area contributed by atoms with Crippen LogP contribution in [0.1, 0.15) is 24.3 Å². The molecule has 5 heteroatoms. The number of hydrogen-bond donors (Lipinski definition) is 1. The molecule has 1 N–H and O–H groups in total. The molecule has 0 radical (unpaired) electrons. The molecule has 1 amide bonds. The van der Waals surface area contributed by atoms with E-state index in [1.54, 1.807) is 11.0 Å². The summed E-state index contributed by atoms with van der Waals surface area (Å²) in [4.78, 5) is 24.8. The van der Waals surface area contributed by atoms with Gasteiger partial charge in [0.15, 0.2) is 0 Å². The van der Waals surface area contributed by atoms with Gasteiger partial charge in [-0.3, -0.25) is 9.59 Å². The highest BCUT2D eigenvalue weighted by molar-refractivity contribution is 5.84. The summed E-state index contributed by atoms with van der Waals surface area (Å²) in [6.07, 6.45) is 1.26. The summed E-state index contributed by atoms with van der Waals surface area (Å²) in [6.45, 7) is 0.822. The van der Waals surface area contributed by atoms with Crippen molar-refractivity contribution < 1.29 is 19.1 Å². The van der Waals surface area contributed by atoms with Crippen LogP contribution < -0.4 is 0 Å². The normalized spacial score (nSPS) is 28.4. The minimum absolute atomic E-state index is 0.0167. The van der Waals surface area contributed by atoms with Crippen molar-refractivity contribution in [3.8, 4) is 0 Å². The molecule has 0 unspecified atom stereocenters. The van der Waals surface area contributed by atoms with Crippen molar-refractivity contribution in [2.45, 2.75) is 18.8 Å². The number of hydrogen-bond acceptors (Lipinski definition) is 2. The first-order valence-corrected chi connectivity index (χ1v) is 6.83. The van der Waals surface area contributed by atoms with Crippen LogP contribution in [0.4, 0.5) is 4.39 Å². The maximum atomic E-state index is 13.2. The van der Waals surface area contributed by atoms with Crippen molar-refractivity contribution in [1.29, 1.82) is 0 Å². The van der Waals surface area contributed by atoms with Crippen LogP contribution in [-0.2, 0) is 9.59 Å². The Bertz CT molecular complexity index is 560. The molecule has 2 aliphatic rings. The molecule has 1 aliphatic carbocycles. The number of carbonyl (C=O) groups is 2. The van der Waals surface area contributed by atoms with Gasteiger partial charge in [0.05, 0.1) is 5.92 Å². The topological polar surface area (TPSA) is 57.6 Å². The first kappa shape index (κ1) is 13.1. The predicted molar refractivity (Wildman–Crippen MR) is 69.6 cm³/mol. The number of aliphatic carboxylic acids is 1. The maximum Gasteiger partial charge on any atom is 0.308 e. The second-order valence-electron chi connectivity index (χ2n) is 5.61. The van der Waals surface area contributed by atoms with Crippen molar-refractivity contribution >= 4 is 11.9 Å². The molecule has 1 aromatic rings. The summed E-state index contributed by atoms with van der Waals surface area (Å²) in [6, 6.07) is 6.36. The summed E-state index contributed by atoms with van der Waals surface area (Å²) in [5.41, 5.74) is 0.859. The van der Waals surface area contributed by atoms with E-state index in [2.05, 4.69) is 0 Å². The van der Waals surface area contributed by atoms with Crippen molar-refractivity contribution in [1.82, 2.24) is 4.90 Å². The lowest BCUT2D eigenvalue weighted by molar-refractivity contribution is -0.141. The standard InChI is InChI=1S/C15H16FNO3/c16-11-3-1-2-9(6-11)12-7-13(12)14(18)17-5-4-10(8-17)15(19)20/h1-3,6,10,12-13H,4-5,7-8H2,(H,19,20)/t10-,12+,13-/m1/s1. The van der Waals surface area contributed by atoms with Crippen LogP contribution in [0.15, 0.2) is 24.3 Å². The predicted octanol–water partition coefficient (Wildman–Crippen LogP) is 1.86. The average Bonchev–Trinajstić information content (AvgIpc) is 3.06. The smallest absolute Gasteiger partial charge is 0.308 e. The van der Waals surface area contributed by atoms with Gasteiger partial charge in [0.25, 0.3) is 0 Å². The SMILES string of the molecule is O=C(O)[C@@H]1CCN(C(=O)[C@@H]2C[C@H]2c2cccc(F)c2)C1. The highest BCUT2D eigenvalue weighted by Crippen LogP contribution is 2.48. The van der Waals surface area contributed by atoms with E-state index >= 15 is 0 Å². The average molecular weight is 277 g/mol. The molecule has 0 aromatic heterocycles. The third-order valence-electron chi connectivity index (χ3n) is 4.23. The zero-order chi connectivity index (χ0) is 14.3. The molecule has 0 spiro atoms. The van der Waals surface area contributed by atoms with Crippen molar-refractivity contribution in [3.63, 3.8) is 0 Å². The molecular formula is C15H16FNO3. The van der Waals surface area contributed by atoms with Gasteiger partial charge in [-0.1, -0.05) is 12.1 Å². The van der Waals surface area contributed by atoms with Gasteiger partial charge < -0.3 is 10.0 Å². The lowest BCUT2D eigenvalue weighted by Gasteiger charge is -2.15. The summed E-state index contributed by atoms with van der Waals surface area (Å²) in [7, 11) is 0. The number of halogens is 1. The number of likely N-dealkylation sites (tertiary alicyclic amines) is 1. The molecule has 4 nitrogen and oxygen atoms in total. The van der Waals surface area contributed by atoms with Crippen LogP contribution in [0.2, 0.25) is 0 Å². The third kappa shape index (κ3) is 2.40. The molecule has 3 rings (SSSR count). The van der Waals surface area contributed by atoms with Crippen LogP contribution in [0, 0.1) is 17.7 Å². The van der Waals surface area contributed by atoms with Crippen molar-refractivity contribution in [2.24, 2.45) is 11.8 Å². The Morgan fingerprint density at radius 1 is 1.35 bits per heavy atom. The number of benzene rings is 1. The maximum absolute atomic E-state index is 13.2. The van der Waals surface area contributed by atoms with E-state index in [4.69, 9.17) is 5.11 Å². The van der Waals surface area contributed by atoms with Crippen LogP contribution in [0.5, 0.6) is 0 Å². The van der Waals surface area contributed by atoms with Gasteiger partial charge >= 0.3 is 5.97 Å². The van der Waals surface area contributed by atoms with Crippen molar-refractivity contribution in [3.05, 3.63) is 35.6 Å². The van der Waals surface area contributed by atoms with E-state index < -0.39 is 11.9 Å². The van der Waals surface area contributed by atoms with E-state index in [1.165, 1.54) is 12.1 Å². The Labute approximate surface area is 116 Å². The number of carboxylic acid groups (broad SMARTS) is 1. The number of amides is 1. The zero-order valence-electron chi connectivity index (χ0n) is 11.0. The van der Waals surface area contributed by atoms with Gasteiger partial charge in [-0.15, -0.1) is 0 Å². The molecule has 1 saturated heterocycles. The number of carboxylic acids is 1. The Hall–Kier alpha value is -1.91. The molecule has 0 bridgehead atoms. The lowest BCUT2D eigenvalue weighted by Crippen LogP contribution is -2.31. The lowest BCUT2D eigenvalue weighted by atomic mass is 10.1. The fourth-order valence-electron chi connectivity index (χ4n) is 2.97. The summed E-state index contributed by atoms with van der Waals surface area (Å²) >= 11 is 0. The van der Waals surface area contributed by atoms with Gasteiger partial charge in [0, 0.05) is 19.0 Å². The van der Waals surface area contributed by atoms with Crippen LogP contribution >= 0.6 is 0 Å². The fraction of sp³-hybridized carbons (Fsp3) is 0.467. The fourth-order valence-corrected chi connectivity index (χ4v) is 2.97. The minimum atomic E-state index is -0.835. The minimum Gasteiger partial charge on any atom is -0.481 e. The van der Waals surface area contributed by atoms with Crippen LogP contribution in [0.3, 0.4) is 0 Å². The number of rotatable bonds is 3. The summed E-state index contributed by atoms with van der Waals surface area (Å²) in [5, 5.41) is 8.95. The van der Waals surface area contributed by atoms with Crippen molar-refractivity contribution in [2.75, 3.05) is 13.1 Å². The van der Waals surface area contributed by atoms with Crippen LogP contribution in [-0.4, -0.2) is 35.0 Å². The highest BCUT2D eigenvalue weighted by atomic mass is 19.1. The van der Waals surface area contributed by atoms with E-state index in [0.717, 1.165) is 12.0 Å². The Morgan fingerprint density at radius 2 is 2.15 bits per heavy atom. The molecule has 2 fully saturated rings. The first-order chi connectivity index (χ1) is 9.56. The molecule has 3 atom stereocenters.